The molecule has 0 saturated carbocycles. The Hall–Kier alpha value is -0.660. The number of hydrogen-bond acceptors (Lipinski definition) is 3. The largest absolute Gasteiger partial charge is 0.354 e. The number of nitrogens with one attached hydrogen (secondary N) is 2. The lowest BCUT2D eigenvalue weighted by molar-refractivity contribution is -0.120. The molecule has 0 fully saturated rings. The predicted octanol–water partition coefficient (Wildman–Crippen LogP) is -0.933. The van der Waals surface area contributed by atoms with E-state index in [1.54, 1.807) is 0 Å². The van der Waals surface area contributed by atoms with Gasteiger partial charge in [0.15, 0.2) is 0 Å². The SMILES string of the molecule is [CH2]NC(=O)CCCNS(=O)(=O)O. The molecule has 0 unspecified atom stereocenters. The maximum absolute atomic E-state index is 10.5. The van der Waals surface area contributed by atoms with Gasteiger partial charge in [0.25, 0.3) is 0 Å². The van der Waals surface area contributed by atoms with Crippen molar-refractivity contribution in [3.63, 3.8) is 0 Å². The molecule has 6 nitrogen and oxygen atoms in total. The van der Waals surface area contributed by atoms with Crippen LogP contribution in [0.1, 0.15) is 12.8 Å². The van der Waals surface area contributed by atoms with Crippen LogP contribution < -0.4 is 10.0 Å². The van der Waals surface area contributed by atoms with Crippen molar-refractivity contribution in [1.29, 1.82) is 0 Å². The quantitative estimate of drug-likeness (QED) is 0.390. The van der Waals surface area contributed by atoms with Gasteiger partial charge in [-0.2, -0.15) is 13.1 Å². The zero-order valence-corrected chi connectivity index (χ0v) is 7.23. The van der Waals surface area contributed by atoms with E-state index in [9.17, 15) is 13.2 Å². The Morgan fingerprint density at radius 1 is 1.50 bits per heavy atom. The fraction of sp³-hybridized carbons (Fsp3) is 0.600. The predicted molar refractivity (Wildman–Crippen MR) is 42.3 cm³/mol. The van der Waals surface area contributed by atoms with E-state index in [0.717, 1.165) is 0 Å². The summed E-state index contributed by atoms with van der Waals surface area (Å²) in [5.41, 5.74) is 0. The minimum atomic E-state index is -4.13. The molecule has 0 atom stereocenters. The first-order chi connectivity index (χ1) is 5.45. The maximum Gasteiger partial charge on any atom is 0.333 e. The van der Waals surface area contributed by atoms with Crippen LogP contribution in [0.2, 0.25) is 0 Å². The van der Waals surface area contributed by atoms with Crippen LogP contribution in [0.3, 0.4) is 0 Å². The van der Waals surface area contributed by atoms with E-state index in [1.807, 2.05) is 4.72 Å². The van der Waals surface area contributed by atoms with E-state index in [4.69, 9.17) is 4.55 Å². The molecule has 7 heteroatoms. The molecule has 0 aliphatic rings. The number of amides is 1. The van der Waals surface area contributed by atoms with E-state index in [2.05, 4.69) is 12.4 Å². The summed E-state index contributed by atoms with van der Waals surface area (Å²) < 4.78 is 30.2. The van der Waals surface area contributed by atoms with Crippen molar-refractivity contribution < 1.29 is 17.8 Å². The molecule has 0 heterocycles. The fourth-order valence-corrected chi connectivity index (χ4v) is 0.941. The second-order valence-corrected chi connectivity index (χ2v) is 3.31. The molecule has 0 rings (SSSR count). The summed E-state index contributed by atoms with van der Waals surface area (Å²) in [5, 5.41) is 2.13. The molecule has 1 amide bonds. The third kappa shape index (κ3) is 7.45. The molecule has 3 N–H and O–H groups in total. The van der Waals surface area contributed by atoms with E-state index >= 15 is 0 Å². The summed E-state index contributed by atoms with van der Waals surface area (Å²) in [4.78, 5) is 10.5. The zero-order valence-electron chi connectivity index (χ0n) is 6.41. The Kier molecular flexibility index (Phi) is 4.79. The molecule has 0 aromatic heterocycles. The summed E-state index contributed by atoms with van der Waals surface area (Å²) in [5.74, 6) is -0.271. The lowest BCUT2D eigenvalue weighted by atomic mass is 10.3. The molecular weight excluding hydrogens is 184 g/mol. The lowest BCUT2D eigenvalue weighted by Crippen LogP contribution is -2.25. The standard InChI is InChI=1S/C5H11N2O4S/c1-6-5(8)3-2-4-7-12(9,10)11/h7H,1-4H2,(H,6,8)(H,9,10,11). The molecule has 0 aliphatic heterocycles. The van der Waals surface area contributed by atoms with Crippen LogP contribution in [0.4, 0.5) is 0 Å². The molecule has 0 bridgehead atoms. The van der Waals surface area contributed by atoms with Crippen LogP contribution in [-0.2, 0) is 15.1 Å². The second-order valence-electron chi connectivity index (χ2n) is 2.07. The molecule has 0 spiro atoms. The number of carbonyl (C=O) groups excluding carboxylic acids is 1. The summed E-state index contributed by atoms with van der Waals surface area (Å²) in [7, 11) is -1.00. The Morgan fingerprint density at radius 2 is 2.08 bits per heavy atom. The Balaban J connectivity index is 3.40. The molecule has 71 valence electrons. The first-order valence-electron chi connectivity index (χ1n) is 3.23. The van der Waals surface area contributed by atoms with Crippen molar-refractivity contribution in [1.82, 2.24) is 10.0 Å². The summed E-state index contributed by atoms with van der Waals surface area (Å²) in [6.45, 7) is 0.0340. The number of rotatable bonds is 5. The van der Waals surface area contributed by atoms with Crippen LogP contribution >= 0.6 is 0 Å². The zero-order chi connectivity index (χ0) is 9.61. The van der Waals surface area contributed by atoms with Gasteiger partial charge in [0.2, 0.25) is 5.91 Å². The third-order valence-electron chi connectivity index (χ3n) is 1.06. The maximum atomic E-state index is 10.5. The monoisotopic (exact) mass is 195 g/mol. The van der Waals surface area contributed by atoms with Gasteiger partial charge in [0.1, 0.15) is 0 Å². The van der Waals surface area contributed by atoms with Crippen LogP contribution in [-0.4, -0.2) is 25.4 Å². The highest BCUT2D eigenvalue weighted by Crippen LogP contribution is 1.87. The van der Waals surface area contributed by atoms with Crippen LogP contribution in [0.25, 0.3) is 0 Å². The van der Waals surface area contributed by atoms with Crippen molar-refractivity contribution in [3.8, 4) is 0 Å². The van der Waals surface area contributed by atoms with Gasteiger partial charge in [0, 0.05) is 20.0 Å². The van der Waals surface area contributed by atoms with Gasteiger partial charge >= 0.3 is 10.3 Å². The highest BCUT2D eigenvalue weighted by atomic mass is 32.2. The molecule has 0 aromatic carbocycles. The van der Waals surface area contributed by atoms with Crippen molar-refractivity contribution in [3.05, 3.63) is 7.05 Å². The molecule has 12 heavy (non-hydrogen) atoms. The average Bonchev–Trinajstić information content (AvgIpc) is 1.96. The topological polar surface area (TPSA) is 95.5 Å². The summed E-state index contributed by atoms with van der Waals surface area (Å²) >= 11 is 0. The van der Waals surface area contributed by atoms with E-state index in [0.29, 0.717) is 6.42 Å². The highest BCUT2D eigenvalue weighted by Gasteiger charge is 2.02. The molecule has 1 radical (unpaired) electrons. The van der Waals surface area contributed by atoms with Crippen LogP contribution in [0.15, 0.2) is 0 Å². The van der Waals surface area contributed by atoms with Gasteiger partial charge in [-0.3, -0.25) is 9.35 Å². The Morgan fingerprint density at radius 3 is 2.50 bits per heavy atom. The van der Waals surface area contributed by atoms with Gasteiger partial charge < -0.3 is 5.32 Å². The summed E-state index contributed by atoms with van der Waals surface area (Å²) in [6.07, 6.45) is 0.493. The van der Waals surface area contributed by atoms with Crippen molar-refractivity contribution >= 4 is 16.2 Å². The van der Waals surface area contributed by atoms with Crippen LogP contribution in [0, 0.1) is 7.05 Å². The summed E-state index contributed by atoms with van der Waals surface area (Å²) in [6, 6.07) is 0. The Bertz CT molecular complexity index is 236. The van der Waals surface area contributed by atoms with Gasteiger partial charge in [-0.1, -0.05) is 0 Å². The normalized spacial score (nSPS) is 11.2. The van der Waals surface area contributed by atoms with E-state index < -0.39 is 10.3 Å². The second kappa shape index (κ2) is 5.07. The van der Waals surface area contributed by atoms with Crippen molar-refractivity contribution in [2.75, 3.05) is 6.54 Å². The highest BCUT2D eigenvalue weighted by molar-refractivity contribution is 7.83. The molecular formula is C5H11N2O4S. The molecule has 0 saturated heterocycles. The van der Waals surface area contributed by atoms with E-state index in [1.165, 1.54) is 0 Å². The first kappa shape index (κ1) is 11.3. The lowest BCUT2D eigenvalue weighted by Gasteiger charge is -1.99. The number of hydrogen-bond donors (Lipinski definition) is 3. The van der Waals surface area contributed by atoms with Crippen LogP contribution in [0.5, 0.6) is 0 Å². The van der Waals surface area contributed by atoms with E-state index in [-0.39, 0.29) is 18.9 Å². The Labute approximate surface area is 71.2 Å². The minimum Gasteiger partial charge on any atom is -0.354 e. The van der Waals surface area contributed by atoms with Gasteiger partial charge in [-0.05, 0) is 6.42 Å². The smallest absolute Gasteiger partial charge is 0.333 e. The number of carbonyl (C=O) groups is 1. The average molecular weight is 195 g/mol. The molecule has 0 aromatic rings. The third-order valence-corrected chi connectivity index (χ3v) is 1.63. The molecule has 0 aliphatic carbocycles. The first-order valence-corrected chi connectivity index (χ1v) is 4.67. The van der Waals surface area contributed by atoms with Crippen molar-refractivity contribution in [2.24, 2.45) is 0 Å². The van der Waals surface area contributed by atoms with Gasteiger partial charge in [-0.25, -0.2) is 0 Å². The fourth-order valence-electron chi connectivity index (χ4n) is 0.538. The van der Waals surface area contributed by atoms with Gasteiger partial charge in [-0.15, -0.1) is 0 Å². The van der Waals surface area contributed by atoms with Gasteiger partial charge in [0.05, 0.1) is 0 Å². The van der Waals surface area contributed by atoms with Crippen molar-refractivity contribution in [2.45, 2.75) is 12.8 Å². The minimum absolute atomic E-state index is 0.0340.